The largest absolute Gasteiger partial charge is 0.489 e. The van der Waals surface area contributed by atoms with E-state index in [1.807, 2.05) is 30.3 Å². The van der Waals surface area contributed by atoms with Crippen molar-refractivity contribution < 1.29 is 36.6 Å². The van der Waals surface area contributed by atoms with E-state index in [9.17, 15) is 22.8 Å². The molecular weight excluding hydrogens is 465 g/mol. The average molecular weight is 484 g/mol. The highest BCUT2D eigenvalue weighted by atomic mass is 19.4. The van der Waals surface area contributed by atoms with Crippen molar-refractivity contribution in [2.75, 3.05) is 6.61 Å². The summed E-state index contributed by atoms with van der Waals surface area (Å²) in [6, 6.07) is 18.4. The van der Waals surface area contributed by atoms with Gasteiger partial charge in [0.15, 0.2) is 0 Å². The lowest BCUT2D eigenvalue weighted by atomic mass is 10.2. The maximum absolute atomic E-state index is 13.8. The van der Waals surface area contributed by atoms with Gasteiger partial charge in [0.1, 0.15) is 23.7 Å². The van der Waals surface area contributed by atoms with Gasteiger partial charge in [-0.2, -0.15) is 13.2 Å². The van der Waals surface area contributed by atoms with Gasteiger partial charge in [0.2, 0.25) is 11.2 Å². The highest BCUT2D eigenvalue weighted by Gasteiger charge is 2.40. The summed E-state index contributed by atoms with van der Waals surface area (Å²) in [5, 5.41) is -0.108. The molecule has 0 saturated heterocycles. The van der Waals surface area contributed by atoms with Crippen LogP contribution in [0.3, 0.4) is 0 Å². The third-order valence-corrected chi connectivity index (χ3v) is 4.91. The molecule has 0 bridgehead atoms. The van der Waals surface area contributed by atoms with Crippen LogP contribution < -0.4 is 14.9 Å². The zero-order valence-corrected chi connectivity index (χ0v) is 18.4. The van der Waals surface area contributed by atoms with Gasteiger partial charge in [-0.25, -0.2) is 4.79 Å². The molecule has 35 heavy (non-hydrogen) atoms. The van der Waals surface area contributed by atoms with Crippen LogP contribution in [-0.4, -0.2) is 12.6 Å². The Balaban J connectivity index is 1.67. The summed E-state index contributed by atoms with van der Waals surface area (Å²) in [4.78, 5) is 24.7. The van der Waals surface area contributed by atoms with E-state index in [1.165, 1.54) is 42.5 Å². The maximum atomic E-state index is 13.8. The van der Waals surface area contributed by atoms with Crippen molar-refractivity contribution in [2.45, 2.75) is 19.7 Å². The van der Waals surface area contributed by atoms with Crippen LogP contribution in [0.15, 0.2) is 82.0 Å². The average Bonchev–Trinajstić information content (AvgIpc) is 2.85. The third-order valence-electron chi connectivity index (χ3n) is 4.91. The normalized spacial score (nSPS) is 11.3. The molecule has 0 aliphatic heterocycles. The van der Waals surface area contributed by atoms with E-state index in [-0.39, 0.29) is 41.2 Å². The van der Waals surface area contributed by atoms with Gasteiger partial charge >= 0.3 is 12.1 Å². The highest BCUT2D eigenvalue weighted by molar-refractivity contribution is 5.89. The van der Waals surface area contributed by atoms with Gasteiger partial charge in [0.25, 0.3) is 5.76 Å². The van der Waals surface area contributed by atoms with Crippen molar-refractivity contribution >= 4 is 16.9 Å². The van der Waals surface area contributed by atoms with Crippen LogP contribution in [0.1, 0.15) is 28.6 Å². The summed E-state index contributed by atoms with van der Waals surface area (Å²) >= 11 is 0. The molecule has 3 aromatic carbocycles. The molecule has 0 spiro atoms. The number of hydrogen-bond acceptors (Lipinski definition) is 6. The topological polar surface area (TPSA) is 75.0 Å². The smallest absolute Gasteiger partial charge is 0.453 e. The maximum Gasteiger partial charge on any atom is 0.453 e. The van der Waals surface area contributed by atoms with E-state index in [1.54, 1.807) is 6.92 Å². The minimum Gasteiger partial charge on any atom is -0.489 e. The summed E-state index contributed by atoms with van der Waals surface area (Å²) in [6.45, 7) is 2.00. The van der Waals surface area contributed by atoms with Crippen molar-refractivity contribution in [1.29, 1.82) is 0 Å². The van der Waals surface area contributed by atoms with Gasteiger partial charge in [-0.3, -0.25) is 4.79 Å². The van der Waals surface area contributed by atoms with E-state index in [4.69, 9.17) is 18.6 Å². The molecule has 0 aliphatic rings. The Kier molecular flexibility index (Phi) is 6.77. The molecule has 1 heterocycles. The van der Waals surface area contributed by atoms with E-state index < -0.39 is 29.1 Å². The minimum atomic E-state index is -5.01. The van der Waals surface area contributed by atoms with Gasteiger partial charge in [0, 0.05) is 6.07 Å². The van der Waals surface area contributed by atoms with Crippen molar-refractivity contribution in [3.8, 4) is 17.2 Å². The van der Waals surface area contributed by atoms with Gasteiger partial charge in [0.05, 0.1) is 17.6 Å². The molecular formula is C26H19F3O6. The number of benzene rings is 3. The molecule has 0 N–H and O–H groups in total. The Hall–Kier alpha value is -4.27. The molecule has 4 rings (SSSR count). The van der Waals surface area contributed by atoms with E-state index >= 15 is 0 Å². The number of esters is 1. The van der Waals surface area contributed by atoms with Crippen molar-refractivity contribution in [3.05, 3.63) is 99.9 Å². The van der Waals surface area contributed by atoms with E-state index in [2.05, 4.69) is 0 Å². The van der Waals surface area contributed by atoms with Crippen LogP contribution in [0.2, 0.25) is 0 Å². The van der Waals surface area contributed by atoms with Crippen molar-refractivity contribution in [1.82, 2.24) is 0 Å². The molecule has 9 heteroatoms. The Labute approximate surface area is 197 Å². The van der Waals surface area contributed by atoms with Crippen LogP contribution in [-0.2, 0) is 17.5 Å². The second-order valence-electron chi connectivity index (χ2n) is 7.37. The highest BCUT2D eigenvalue weighted by Crippen LogP contribution is 2.38. The van der Waals surface area contributed by atoms with Gasteiger partial charge in [-0.05, 0) is 48.9 Å². The molecule has 6 nitrogen and oxygen atoms in total. The predicted octanol–water partition coefficient (Wildman–Crippen LogP) is 6.36. The molecule has 0 atom stereocenters. The Morgan fingerprint density at radius 2 is 1.63 bits per heavy atom. The summed E-state index contributed by atoms with van der Waals surface area (Å²) in [5.74, 6) is -3.03. The first kappa shape index (κ1) is 23.9. The predicted molar refractivity (Wildman–Crippen MR) is 121 cm³/mol. The molecule has 1 aromatic heterocycles. The lowest BCUT2D eigenvalue weighted by Crippen LogP contribution is -2.15. The second kappa shape index (κ2) is 9.92. The number of ether oxygens (including phenoxy) is 3. The summed E-state index contributed by atoms with van der Waals surface area (Å²) in [6.07, 6.45) is -5.01. The van der Waals surface area contributed by atoms with Crippen LogP contribution in [0, 0.1) is 0 Å². The number of rotatable bonds is 7. The molecule has 0 aliphatic carbocycles. The van der Waals surface area contributed by atoms with E-state index in [0.717, 1.165) is 5.56 Å². The molecule has 4 aromatic rings. The number of fused-ring (bicyclic) bond motifs is 1. The van der Waals surface area contributed by atoms with Gasteiger partial charge in [-0.1, -0.05) is 30.3 Å². The van der Waals surface area contributed by atoms with Crippen LogP contribution in [0.4, 0.5) is 13.2 Å². The summed E-state index contributed by atoms with van der Waals surface area (Å²) in [5.41, 5.74) is -0.243. The first-order valence-electron chi connectivity index (χ1n) is 10.6. The van der Waals surface area contributed by atoms with Crippen molar-refractivity contribution in [3.63, 3.8) is 0 Å². The number of alkyl halides is 3. The molecule has 0 unspecified atom stereocenters. The second-order valence-corrected chi connectivity index (χ2v) is 7.37. The van der Waals surface area contributed by atoms with Gasteiger partial charge < -0.3 is 18.6 Å². The zero-order chi connectivity index (χ0) is 25.0. The Morgan fingerprint density at radius 1 is 0.943 bits per heavy atom. The van der Waals surface area contributed by atoms with Gasteiger partial charge in [-0.15, -0.1) is 0 Å². The zero-order valence-electron chi connectivity index (χ0n) is 18.4. The quantitative estimate of drug-likeness (QED) is 0.284. The van der Waals surface area contributed by atoms with E-state index in [0.29, 0.717) is 0 Å². The van der Waals surface area contributed by atoms with Crippen LogP contribution in [0.25, 0.3) is 11.0 Å². The minimum absolute atomic E-state index is 0.0852. The standard InChI is InChI=1S/C26H19F3O6/c1-2-32-25(31)17-8-10-18(11-9-17)34-23-22(30)20-13-12-19(33-15-16-6-4-3-5-7-16)14-21(20)35-24(23)26(27,28)29/h3-14H,2,15H2,1H3. The first-order chi connectivity index (χ1) is 16.8. The molecule has 0 fully saturated rings. The first-order valence-corrected chi connectivity index (χ1v) is 10.6. The number of hydrogen-bond donors (Lipinski definition) is 0. The lowest BCUT2D eigenvalue weighted by Gasteiger charge is -2.14. The fourth-order valence-corrected chi connectivity index (χ4v) is 3.26. The number of carbonyl (C=O) groups excluding carboxylic acids is 1. The lowest BCUT2D eigenvalue weighted by molar-refractivity contribution is -0.154. The fraction of sp³-hybridized carbons (Fsp3) is 0.154. The molecule has 0 saturated carbocycles. The Morgan fingerprint density at radius 3 is 2.29 bits per heavy atom. The summed E-state index contributed by atoms with van der Waals surface area (Å²) in [7, 11) is 0. The monoisotopic (exact) mass is 484 g/mol. The summed E-state index contributed by atoms with van der Waals surface area (Å²) < 4.78 is 62.2. The van der Waals surface area contributed by atoms with Crippen LogP contribution in [0.5, 0.6) is 17.2 Å². The molecule has 0 radical (unpaired) electrons. The Bertz CT molecular complexity index is 1390. The third kappa shape index (κ3) is 5.46. The molecule has 0 amide bonds. The fourth-order valence-electron chi connectivity index (χ4n) is 3.26. The van der Waals surface area contributed by atoms with Crippen LogP contribution >= 0.6 is 0 Å². The SMILES string of the molecule is CCOC(=O)c1ccc(Oc2c(C(F)(F)F)oc3cc(OCc4ccccc4)ccc3c2=O)cc1. The molecule has 180 valence electrons. The number of carbonyl (C=O) groups is 1. The number of halogens is 3. The van der Waals surface area contributed by atoms with Crippen molar-refractivity contribution in [2.24, 2.45) is 0 Å².